The molecule has 78 heavy (non-hydrogen) atoms. The molecule has 4 N–H and O–H groups in total. The van der Waals surface area contributed by atoms with Crippen molar-refractivity contribution < 1.29 is 38.2 Å². The molecular formula is C59H67FN10O7S. The number of phenolic OH excluding ortho intramolecular Hbond substituents is 1. The van der Waals surface area contributed by atoms with Crippen LogP contribution < -0.4 is 25.0 Å². The minimum atomic E-state index is -0.865. The number of β-amino-alcohol motifs (C(OH)–C–C–N with tert-alkyl or cyclic N) is 1. The van der Waals surface area contributed by atoms with Gasteiger partial charge >= 0.3 is 6.01 Å². The minimum absolute atomic E-state index is 0.0240. The first kappa shape index (κ1) is 51.9. The third-order valence-corrected chi connectivity index (χ3v) is 18.1. The third-order valence-electron chi connectivity index (χ3n) is 17.2. The molecule has 9 heterocycles. The van der Waals surface area contributed by atoms with Crippen molar-refractivity contribution in [2.24, 2.45) is 5.92 Å². The first-order valence-corrected chi connectivity index (χ1v) is 28.5. The van der Waals surface area contributed by atoms with Gasteiger partial charge < -0.3 is 44.6 Å². The molecule has 408 valence electrons. The van der Waals surface area contributed by atoms with Crippen LogP contribution in [-0.2, 0) is 16.0 Å². The van der Waals surface area contributed by atoms with Crippen molar-refractivity contribution >= 4 is 50.6 Å². The number of likely N-dealkylation sites (tertiary alicyclic amines) is 1. The number of aryl methyl sites for hydroxylation is 2. The lowest BCUT2D eigenvalue weighted by molar-refractivity contribution is -0.141. The van der Waals surface area contributed by atoms with E-state index in [-0.39, 0.29) is 77.2 Å². The predicted octanol–water partition coefficient (Wildman–Crippen LogP) is 8.65. The number of anilines is 1. The van der Waals surface area contributed by atoms with Gasteiger partial charge in [0.15, 0.2) is 11.6 Å². The number of phenols is 1. The number of benzene rings is 3. The number of fused-ring (bicyclic) bond motifs is 5. The van der Waals surface area contributed by atoms with Crippen LogP contribution in [0.1, 0.15) is 107 Å². The van der Waals surface area contributed by atoms with E-state index < -0.39 is 23.9 Å². The summed E-state index contributed by atoms with van der Waals surface area (Å²) in [5.41, 5.74) is 6.21. The Morgan fingerprint density at radius 2 is 1.81 bits per heavy atom. The molecule has 2 bridgehead atoms. The Bertz CT molecular complexity index is 3380. The van der Waals surface area contributed by atoms with Crippen LogP contribution >= 0.6 is 11.3 Å². The summed E-state index contributed by atoms with van der Waals surface area (Å²) in [5, 5.41) is 34.9. The number of piperazine rings is 1. The highest BCUT2D eigenvalue weighted by molar-refractivity contribution is 7.13. The molecular weight excluding hydrogens is 1010 g/mol. The zero-order valence-corrected chi connectivity index (χ0v) is 45.6. The van der Waals surface area contributed by atoms with Crippen molar-refractivity contribution in [3.8, 4) is 39.3 Å². The molecule has 2 amide bonds. The van der Waals surface area contributed by atoms with E-state index in [4.69, 9.17) is 28.9 Å². The Hall–Kier alpha value is -6.80. The number of halogens is 1. The largest absolute Gasteiger partial charge is 0.508 e. The van der Waals surface area contributed by atoms with Gasteiger partial charge in [0.25, 0.3) is 5.88 Å². The van der Waals surface area contributed by atoms with Crippen LogP contribution in [0.15, 0.2) is 76.9 Å². The average Bonchev–Trinajstić information content (AvgIpc) is 4.42. The molecule has 3 aromatic carbocycles. The maximum absolute atomic E-state index is 17.4. The lowest BCUT2D eigenvalue weighted by Gasteiger charge is -2.35. The molecule has 12 rings (SSSR count). The van der Waals surface area contributed by atoms with E-state index in [0.29, 0.717) is 47.8 Å². The zero-order chi connectivity index (χ0) is 54.0. The normalized spacial score (nSPS) is 23.9. The molecule has 0 saturated carbocycles. The smallest absolute Gasteiger partial charge is 0.319 e. The number of rotatable bonds is 16. The van der Waals surface area contributed by atoms with Gasteiger partial charge in [-0.1, -0.05) is 63.2 Å². The minimum Gasteiger partial charge on any atom is -0.508 e. The number of amides is 2. The Labute approximate surface area is 456 Å². The molecule has 5 aliphatic rings. The number of carbonyl (C=O) groups is 2. The molecule has 5 aliphatic heterocycles. The zero-order valence-electron chi connectivity index (χ0n) is 44.7. The van der Waals surface area contributed by atoms with Gasteiger partial charge in [-0.2, -0.15) is 9.97 Å². The molecule has 17 nitrogen and oxygen atoms in total. The van der Waals surface area contributed by atoms with Crippen molar-refractivity contribution in [3.05, 3.63) is 101 Å². The van der Waals surface area contributed by atoms with E-state index in [1.807, 2.05) is 75.7 Å². The van der Waals surface area contributed by atoms with Crippen LogP contribution in [0.3, 0.4) is 0 Å². The lowest BCUT2D eigenvalue weighted by Crippen LogP contribution is -2.51. The second kappa shape index (κ2) is 21.1. The van der Waals surface area contributed by atoms with Gasteiger partial charge in [-0.25, -0.2) is 9.37 Å². The highest BCUT2D eigenvalue weighted by Gasteiger charge is 2.50. The SMILES string of the molecule is CCc1cccc2cc(O)cc(-c3ncc4c(N5CC6CCC(C5)N6)nc(OC[C@]56CCCN5[C@H](COc5cc([C@H](C(=O)N7C[C@H](O)C[C@H]7C(=O)N[C@@H](C)c7ccc(-c8scnc8C)cc7)C(C)C)on5)CC6)nc4c3F)c12. The second-order valence-corrected chi connectivity index (χ2v) is 23.4. The molecule has 8 atom stereocenters. The molecule has 5 fully saturated rings. The topological polar surface area (TPSA) is 204 Å². The average molecular weight is 1080 g/mol. The van der Waals surface area contributed by atoms with Gasteiger partial charge in [0, 0.05) is 62.0 Å². The van der Waals surface area contributed by atoms with Gasteiger partial charge in [-0.15, -0.1) is 11.3 Å². The lowest BCUT2D eigenvalue weighted by atomic mass is 9.91. The summed E-state index contributed by atoms with van der Waals surface area (Å²) in [7, 11) is 0. The Morgan fingerprint density at radius 3 is 2.56 bits per heavy atom. The summed E-state index contributed by atoms with van der Waals surface area (Å²) >= 11 is 1.58. The summed E-state index contributed by atoms with van der Waals surface area (Å²) in [5.74, 6) is -1.04. The molecule has 5 saturated heterocycles. The van der Waals surface area contributed by atoms with Crippen molar-refractivity contribution in [2.75, 3.05) is 44.3 Å². The van der Waals surface area contributed by atoms with Crippen LogP contribution in [0.4, 0.5) is 10.2 Å². The van der Waals surface area contributed by atoms with E-state index in [1.165, 1.54) is 4.90 Å². The van der Waals surface area contributed by atoms with E-state index in [2.05, 4.69) is 37.5 Å². The number of aromatic hydroxyl groups is 1. The monoisotopic (exact) mass is 1080 g/mol. The fraction of sp³-hybridized carbons (Fsp3) is 0.475. The molecule has 0 aliphatic carbocycles. The molecule has 19 heteroatoms. The molecule has 4 aromatic heterocycles. The Kier molecular flexibility index (Phi) is 14.1. The predicted molar refractivity (Wildman–Crippen MR) is 295 cm³/mol. The van der Waals surface area contributed by atoms with Crippen molar-refractivity contribution in [3.63, 3.8) is 0 Å². The Morgan fingerprint density at radius 1 is 1.00 bits per heavy atom. The van der Waals surface area contributed by atoms with Crippen LogP contribution in [0.5, 0.6) is 17.6 Å². The number of nitrogens with one attached hydrogen (secondary N) is 2. The van der Waals surface area contributed by atoms with Crippen molar-refractivity contribution in [2.45, 2.75) is 134 Å². The maximum atomic E-state index is 17.4. The highest BCUT2D eigenvalue weighted by atomic mass is 32.1. The number of thiazole rings is 1. The van der Waals surface area contributed by atoms with E-state index in [1.54, 1.807) is 35.7 Å². The number of ether oxygens (including phenoxy) is 2. The number of hydrogen-bond donors (Lipinski definition) is 4. The molecule has 2 unspecified atom stereocenters. The fourth-order valence-corrected chi connectivity index (χ4v) is 14.0. The van der Waals surface area contributed by atoms with Crippen LogP contribution in [0.25, 0.3) is 43.4 Å². The Balaban J connectivity index is 0.731. The van der Waals surface area contributed by atoms with Gasteiger partial charge in [-0.3, -0.25) is 19.5 Å². The number of pyridine rings is 1. The summed E-state index contributed by atoms with van der Waals surface area (Å²) in [6, 6.07) is 18.4. The summed E-state index contributed by atoms with van der Waals surface area (Å²) in [6.07, 6.45) is 7.32. The molecule has 0 spiro atoms. The van der Waals surface area contributed by atoms with Crippen molar-refractivity contribution in [1.82, 2.24) is 45.5 Å². The quantitative estimate of drug-likeness (QED) is 0.0715. The van der Waals surface area contributed by atoms with Gasteiger partial charge in [-0.05, 0) is 116 Å². The number of hydrogen-bond acceptors (Lipinski definition) is 16. The number of nitrogens with zero attached hydrogens (tertiary/aromatic N) is 8. The van der Waals surface area contributed by atoms with E-state index in [0.717, 1.165) is 103 Å². The van der Waals surface area contributed by atoms with Gasteiger partial charge in [0.05, 0.1) is 39.2 Å². The number of aliphatic hydroxyl groups excluding tert-OH is 1. The second-order valence-electron chi connectivity index (χ2n) is 22.5. The standard InChI is InChI=1S/C59H67FN10O7S/c1-6-35-9-7-10-38-21-42(71)22-44(50(35)38)52-51(60)53-45(25-61-52)55(68-26-39-15-16-40(27-68)64-39)66-58(65-53)76-30-59-18-8-20-70(59)41(17-19-59)29-75-48-24-47(77-67-48)49(32(2)3)57(74)69-28-43(72)23-46(69)56(73)63-33(4)36-11-13-37(14-12-36)54-34(5)62-31-78-54/h7,9-14,21-22,24-25,31-33,39-41,43,46,49,64,71-72H,6,8,15-20,23,26-30H2,1-5H3,(H,63,73)/t33-,39?,40?,41-,43+,46-,49+,59+/m0/s1. The fourth-order valence-electron chi connectivity index (χ4n) is 13.2. The highest BCUT2D eigenvalue weighted by Crippen LogP contribution is 2.44. The van der Waals surface area contributed by atoms with E-state index in [9.17, 15) is 19.8 Å². The van der Waals surface area contributed by atoms with Crippen LogP contribution in [-0.4, -0.2) is 132 Å². The first-order valence-electron chi connectivity index (χ1n) is 27.6. The van der Waals surface area contributed by atoms with Crippen LogP contribution in [0, 0.1) is 18.7 Å². The van der Waals surface area contributed by atoms with Gasteiger partial charge in [0.2, 0.25) is 11.8 Å². The third kappa shape index (κ3) is 9.70. The summed E-state index contributed by atoms with van der Waals surface area (Å²) in [4.78, 5) is 54.6. The number of aromatic nitrogens is 5. The summed E-state index contributed by atoms with van der Waals surface area (Å²) < 4.78 is 36.2. The van der Waals surface area contributed by atoms with Crippen molar-refractivity contribution in [1.29, 1.82) is 0 Å². The van der Waals surface area contributed by atoms with E-state index >= 15 is 4.39 Å². The molecule has 7 aromatic rings. The number of aliphatic hydroxyl groups is 1. The van der Waals surface area contributed by atoms with Crippen LogP contribution in [0.2, 0.25) is 0 Å². The first-order chi connectivity index (χ1) is 37.7. The maximum Gasteiger partial charge on any atom is 0.319 e. The summed E-state index contributed by atoms with van der Waals surface area (Å²) in [6.45, 7) is 12.7. The molecule has 0 radical (unpaired) electrons. The number of carbonyl (C=O) groups excluding carboxylic acids is 2. The van der Waals surface area contributed by atoms with Gasteiger partial charge in [0.1, 0.15) is 48.0 Å².